The number of hydrogen-bond acceptors (Lipinski definition) is 6. The molecule has 0 bridgehead atoms. The summed E-state index contributed by atoms with van der Waals surface area (Å²) in [6, 6.07) is 10.9. The Kier molecular flexibility index (Phi) is 7.04. The van der Waals surface area contributed by atoms with Gasteiger partial charge in [0, 0.05) is 17.3 Å². The van der Waals surface area contributed by atoms with Crippen molar-refractivity contribution in [3.63, 3.8) is 0 Å². The van der Waals surface area contributed by atoms with E-state index >= 15 is 0 Å². The number of nitrogens with one attached hydrogen (secondary N) is 2. The lowest BCUT2D eigenvalue weighted by Crippen LogP contribution is -2.23. The highest BCUT2D eigenvalue weighted by Crippen LogP contribution is 2.30. The highest BCUT2D eigenvalue weighted by Gasteiger charge is 2.08. The van der Waals surface area contributed by atoms with Crippen LogP contribution in [-0.4, -0.2) is 39.8 Å². The molecule has 0 spiro atoms. The molecule has 0 heterocycles. The Morgan fingerprint density at radius 3 is 2.31 bits per heavy atom. The average molecular weight is 375 g/mol. The molecule has 0 amide bonds. The fourth-order valence-electron chi connectivity index (χ4n) is 2.25. The van der Waals surface area contributed by atoms with Crippen LogP contribution in [-0.2, 0) is 0 Å². The van der Waals surface area contributed by atoms with Gasteiger partial charge in [0.2, 0.25) is 0 Å². The van der Waals surface area contributed by atoms with Gasteiger partial charge in [0.25, 0.3) is 0 Å². The van der Waals surface area contributed by atoms with Crippen LogP contribution in [0.3, 0.4) is 0 Å². The fourth-order valence-corrected chi connectivity index (χ4v) is 2.42. The van der Waals surface area contributed by atoms with Crippen molar-refractivity contribution >= 4 is 29.2 Å². The molecule has 0 aromatic heterocycles. The minimum atomic E-state index is 0.329. The van der Waals surface area contributed by atoms with Crippen LogP contribution in [0.1, 0.15) is 5.56 Å². The Morgan fingerprint density at radius 1 is 0.923 bits per heavy atom. The summed E-state index contributed by atoms with van der Waals surface area (Å²) >= 11 is 5.24. The molecule has 0 saturated heterocycles. The fraction of sp³-hybridized carbons (Fsp3) is 0.222. The molecular weight excluding hydrogens is 354 g/mol. The van der Waals surface area contributed by atoms with Gasteiger partial charge in [0.1, 0.15) is 0 Å². The van der Waals surface area contributed by atoms with E-state index in [2.05, 4.69) is 15.8 Å². The molecule has 0 radical (unpaired) electrons. The predicted octanol–water partition coefficient (Wildman–Crippen LogP) is 3.04. The largest absolute Gasteiger partial charge is 0.493 e. The van der Waals surface area contributed by atoms with Crippen LogP contribution in [0.15, 0.2) is 41.5 Å². The van der Waals surface area contributed by atoms with Gasteiger partial charge in [0.05, 0.1) is 34.7 Å². The van der Waals surface area contributed by atoms with Gasteiger partial charge in [0.15, 0.2) is 28.1 Å². The van der Waals surface area contributed by atoms with Crippen molar-refractivity contribution in [1.82, 2.24) is 5.43 Å². The molecule has 0 aliphatic rings. The van der Waals surface area contributed by atoms with E-state index in [1.807, 2.05) is 24.3 Å². The molecule has 2 rings (SSSR count). The van der Waals surface area contributed by atoms with Crippen LogP contribution in [0.25, 0.3) is 0 Å². The number of benzene rings is 2. The van der Waals surface area contributed by atoms with Crippen LogP contribution >= 0.6 is 12.2 Å². The summed E-state index contributed by atoms with van der Waals surface area (Å²) in [6.07, 6.45) is 1.60. The van der Waals surface area contributed by atoms with E-state index in [1.54, 1.807) is 46.8 Å². The zero-order valence-electron chi connectivity index (χ0n) is 15.0. The topological polar surface area (TPSA) is 73.3 Å². The molecule has 2 N–H and O–H groups in total. The summed E-state index contributed by atoms with van der Waals surface area (Å²) in [4.78, 5) is 0. The van der Waals surface area contributed by atoms with Gasteiger partial charge in [-0.05, 0) is 36.5 Å². The summed E-state index contributed by atoms with van der Waals surface area (Å²) in [5.41, 5.74) is 4.26. The molecule has 2 aromatic rings. The minimum absolute atomic E-state index is 0.329. The smallest absolute Gasteiger partial charge is 0.191 e. The lowest BCUT2D eigenvalue weighted by molar-refractivity contribution is 0.354. The number of anilines is 1. The normalized spacial score (nSPS) is 10.3. The molecule has 0 unspecified atom stereocenters. The molecule has 8 heteroatoms. The van der Waals surface area contributed by atoms with Crippen molar-refractivity contribution in [1.29, 1.82) is 0 Å². The summed E-state index contributed by atoms with van der Waals surface area (Å²) in [5.74, 6) is 2.46. The van der Waals surface area contributed by atoms with Crippen LogP contribution in [0.5, 0.6) is 23.0 Å². The first kappa shape index (κ1) is 19.3. The van der Waals surface area contributed by atoms with Crippen molar-refractivity contribution in [2.24, 2.45) is 5.10 Å². The monoisotopic (exact) mass is 375 g/mol. The summed E-state index contributed by atoms with van der Waals surface area (Å²) in [6.45, 7) is 0. The summed E-state index contributed by atoms with van der Waals surface area (Å²) in [5, 5.41) is 7.48. The lowest BCUT2D eigenvalue weighted by Gasteiger charge is -2.12. The third-order valence-electron chi connectivity index (χ3n) is 3.44. The van der Waals surface area contributed by atoms with Gasteiger partial charge in [-0.1, -0.05) is 6.07 Å². The maximum atomic E-state index is 5.35. The molecule has 0 aliphatic carbocycles. The van der Waals surface area contributed by atoms with E-state index in [0.29, 0.717) is 28.1 Å². The first-order valence-electron chi connectivity index (χ1n) is 7.66. The van der Waals surface area contributed by atoms with Crippen molar-refractivity contribution in [3.05, 3.63) is 42.0 Å². The number of rotatable bonds is 7. The average Bonchev–Trinajstić information content (AvgIpc) is 2.67. The van der Waals surface area contributed by atoms with Gasteiger partial charge in [-0.3, -0.25) is 5.43 Å². The Bertz CT molecular complexity index is 796. The molecule has 0 aliphatic heterocycles. The second kappa shape index (κ2) is 9.47. The Hall–Kier alpha value is -3.00. The third kappa shape index (κ3) is 4.76. The summed E-state index contributed by atoms with van der Waals surface area (Å²) in [7, 11) is 6.31. The van der Waals surface area contributed by atoms with E-state index in [0.717, 1.165) is 11.3 Å². The number of ether oxygens (including phenoxy) is 4. The highest BCUT2D eigenvalue weighted by atomic mass is 32.1. The zero-order chi connectivity index (χ0) is 18.9. The maximum absolute atomic E-state index is 5.35. The summed E-state index contributed by atoms with van der Waals surface area (Å²) < 4.78 is 21.1. The third-order valence-corrected chi connectivity index (χ3v) is 3.64. The highest BCUT2D eigenvalue weighted by molar-refractivity contribution is 7.80. The van der Waals surface area contributed by atoms with Crippen LogP contribution in [0.4, 0.5) is 5.69 Å². The van der Waals surface area contributed by atoms with Crippen LogP contribution < -0.4 is 29.7 Å². The molecule has 26 heavy (non-hydrogen) atoms. The maximum Gasteiger partial charge on any atom is 0.191 e. The van der Waals surface area contributed by atoms with Crippen molar-refractivity contribution in [2.75, 3.05) is 33.8 Å². The first-order valence-corrected chi connectivity index (χ1v) is 8.06. The van der Waals surface area contributed by atoms with Gasteiger partial charge in [-0.2, -0.15) is 5.10 Å². The SMILES string of the molecule is COc1ccc(NC(=S)N/N=C\c2cccc(OC)c2OC)cc1OC. The Balaban J connectivity index is 2.02. The Labute approximate surface area is 157 Å². The van der Waals surface area contributed by atoms with Crippen LogP contribution in [0, 0.1) is 0 Å². The van der Waals surface area contributed by atoms with E-state index in [9.17, 15) is 0 Å². The quantitative estimate of drug-likeness (QED) is 0.438. The van der Waals surface area contributed by atoms with Gasteiger partial charge >= 0.3 is 0 Å². The molecule has 0 fully saturated rings. The number of hydrazone groups is 1. The van der Waals surface area contributed by atoms with Crippen molar-refractivity contribution in [3.8, 4) is 23.0 Å². The number of nitrogens with zero attached hydrogens (tertiary/aromatic N) is 1. The number of hydrogen-bond donors (Lipinski definition) is 2. The molecule has 138 valence electrons. The van der Waals surface area contributed by atoms with E-state index in [1.165, 1.54) is 0 Å². The minimum Gasteiger partial charge on any atom is -0.493 e. The van der Waals surface area contributed by atoms with E-state index in [-0.39, 0.29) is 0 Å². The molecule has 0 saturated carbocycles. The number of thiocarbonyl (C=S) groups is 1. The number of para-hydroxylation sites is 1. The molecular formula is C18H21N3O4S. The van der Waals surface area contributed by atoms with Crippen molar-refractivity contribution in [2.45, 2.75) is 0 Å². The molecule has 0 atom stereocenters. The molecule has 2 aromatic carbocycles. The predicted molar refractivity (Wildman–Crippen MR) is 106 cm³/mol. The van der Waals surface area contributed by atoms with Gasteiger partial charge in [-0.15, -0.1) is 0 Å². The van der Waals surface area contributed by atoms with E-state index in [4.69, 9.17) is 31.2 Å². The second-order valence-electron chi connectivity index (χ2n) is 4.98. The van der Waals surface area contributed by atoms with E-state index < -0.39 is 0 Å². The van der Waals surface area contributed by atoms with Crippen molar-refractivity contribution < 1.29 is 18.9 Å². The first-order chi connectivity index (χ1) is 12.6. The lowest BCUT2D eigenvalue weighted by atomic mass is 10.2. The zero-order valence-corrected chi connectivity index (χ0v) is 15.8. The second-order valence-corrected chi connectivity index (χ2v) is 5.38. The molecule has 7 nitrogen and oxygen atoms in total. The standard InChI is InChI=1S/C18H21N3O4S/c1-22-14-9-8-13(10-16(14)24-3)20-18(26)21-19-11-12-6-5-7-15(23-2)17(12)25-4/h5-11H,1-4H3,(H2,20,21,26)/b19-11-. The number of methoxy groups -OCH3 is 4. The Morgan fingerprint density at radius 2 is 1.65 bits per heavy atom. The van der Waals surface area contributed by atoms with Gasteiger partial charge in [-0.25, -0.2) is 0 Å². The van der Waals surface area contributed by atoms with Gasteiger partial charge < -0.3 is 24.3 Å². The van der Waals surface area contributed by atoms with Crippen LogP contribution in [0.2, 0.25) is 0 Å².